The summed E-state index contributed by atoms with van der Waals surface area (Å²) >= 11 is 2.04. The minimum atomic E-state index is 0.196. The molecule has 1 fully saturated rings. The second-order valence-corrected chi connectivity index (χ2v) is 5.34. The topological polar surface area (TPSA) is 78.8 Å². The van der Waals surface area contributed by atoms with Gasteiger partial charge in [0.1, 0.15) is 15.6 Å². The van der Waals surface area contributed by atoms with Crippen LogP contribution < -0.4 is 10.6 Å². The van der Waals surface area contributed by atoms with Gasteiger partial charge in [-0.25, -0.2) is 9.97 Å². The molecule has 6 heteroatoms. The molecule has 2 atom stereocenters. The summed E-state index contributed by atoms with van der Waals surface area (Å²) in [5.74, 6) is 0.816. The van der Waals surface area contributed by atoms with E-state index < -0.39 is 0 Å². The van der Waals surface area contributed by atoms with E-state index in [2.05, 4.69) is 21.8 Å². The largest absolute Gasteiger partial charge is 0.351 e. The summed E-state index contributed by atoms with van der Waals surface area (Å²) in [7, 11) is 0. The van der Waals surface area contributed by atoms with Crippen LogP contribution >= 0.6 is 22.6 Å². The summed E-state index contributed by atoms with van der Waals surface area (Å²) in [4.78, 5) is 10.7. The number of piperidine rings is 1. The van der Waals surface area contributed by atoms with Gasteiger partial charge in [-0.2, -0.15) is 5.26 Å². The van der Waals surface area contributed by atoms with E-state index in [0.717, 1.165) is 25.2 Å². The average Bonchev–Trinajstić information content (AvgIpc) is 2.32. The molecule has 0 aromatic carbocycles. The Balaban J connectivity index is 2.27. The van der Waals surface area contributed by atoms with Gasteiger partial charge >= 0.3 is 0 Å². The lowest BCUT2D eigenvalue weighted by Gasteiger charge is -2.37. The molecule has 17 heavy (non-hydrogen) atoms. The van der Waals surface area contributed by atoms with Crippen molar-refractivity contribution >= 4 is 28.4 Å². The Labute approximate surface area is 114 Å². The number of halogens is 1. The lowest BCUT2D eigenvalue weighted by molar-refractivity contribution is 0.433. The van der Waals surface area contributed by atoms with Gasteiger partial charge in [-0.05, 0) is 42.4 Å². The van der Waals surface area contributed by atoms with Gasteiger partial charge < -0.3 is 10.6 Å². The number of nitriles is 1. The zero-order valence-corrected chi connectivity index (χ0v) is 11.8. The summed E-state index contributed by atoms with van der Waals surface area (Å²) in [5.41, 5.74) is 6.35. The lowest BCUT2D eigenvalue weighted by atomic mass is 10.0. The molecule has 1 aromatic heterocycles. The Kier molecular flexibility index (Phi) is 3.79. The van der Waals surface area contributed by atoms with E-state index in [1.807, 2.05) is 28.7 Å². The van der Waals surface area contributed by atoms with Gasteiger partial charge in [0.15, 0.2) is 5.69 Å². The molecule has 0 radical (unpaired) electrons. The van der Waals surface area contributed by atoms with E-state index >= 15 is 0 Å². The van der Waals surface area contributed by atoms with Crippen molar-refractivity contribution in [3.05, 3.63) is 15.6 Å². The summed E-state index contributed by atoms with van der Waals surface area (Å²) in [6.07, 6.45) is 3.78. The molecular formula is C11H14IN5. The summed E-state index contributed by atoms with van der Waals surface area (Å²) < 4.78 is 0.647. The minimum absolute atomic E-state index is 0.196. The molecule has 1 aliphatic rings. The number of nitrogens with zero attached hydrogens (tertiary/aromatic N) is 4. The van der Waals surface area contributed by atoms with E-state index in [4.69, 9.17) is 11.0 Å². The van der Waals surface area contributed by atoms with Crippen LogP contribution in [0, 0.1) is 15.0 Å². The first-order chi connectivity index (χ1) is 8.11. The van der Waals surface area contributed by atoms with Crippen LogP contribution in [0.15, 0.2) is 6.20 Å². The monoisotopic (exact) mass is 343 g/mol. The van der Waals surface area contributed by atoms with Gasteiger partial charge in [-0.15, -0.1) is 0 Å². The van der Waals surface area contributed by atoms with Crippen molar-refractivity contribution in [2.75, 3.05) is 11.4 Å². The molecule has 2 heterocycles. The first-order valence-corrected chi connectivity index (χ1v) is 6.64. The predicted molar refractivity (Wildman–Crippen MR) is 73.5 cm³/mol. The van der Waals surface area contributed by atoms with Gasteiger partial charge in [0, 0.05) is 18.6 Å². The maximum Gasteiger partial charge on any atom is 0.172 e. The Hall–Kier alpha value is -0.940. The Morgan fingerprint density at radius 1 is 1.59 bits per heavy atom. The molecule has 1 aliphatic heterocycles. The van der Waals surface area contributed by atoms with Gasteiger partial charge in [0.05, 0.1) is 6.20 Å². The molecule has 2 rings (SSSR count). The Bertz CT molecular complexity index is 456. The van der Waals surface area contributed by atoms with Gasteiger partial charge in [0.2, 0.25) is 0 Å². The van der Waals surface area contributed by atoms with Crippen LogP contribution in [0.25, 0.3) is 0 Å². The number of rotatable bonds is 1. The quantitative estimate of drug-likeness (QED) is 0.777. The lowest BCUT2D eigenvalue weighted by Crippen LogP contribution is -2.48. The van der Waals surface area contributed by atoms with Crippen LogP contribution in [-0.4, -0.2) is 28.6 Å². The van der Waals surface area contributed by atoms with Gasteiger partial charge in [0.25, 0.3) is 0 Å². The van der Waals surface area contributed by atoms with E-state index in [9.17, 15) is 0 Å². The molecule has 0 amide bonds. The number of aromatic nitrogens is 2. The Morgan fingerprint density at radius 2 is 2.35 bits per heavy atom. The van der Waals surface area contributed by atoms with E-state index in [0.29, 0.717) is 15.4 Å². The summed E-state index contributed by atoms with van der Waals surface area (Å²) in [5, 5.41) is 8.82. The van der Waals surface area contributed by atoms with Gasteiger partial charge in [-0.3, -0.25) is 0 Å². The van der Waals surface area contributed by atoms with Crippen LogP contribution in [0.4, 0.5) is 5.82 Å². The second kappa shape index (κ2) is 5.14. The van der Waals surface area contributed by atoms with E-state index in [-0.39, 0.29) is 6.04 Å². The SMILES string of the molecule is CC1CCC(N)CN1c1cnc(C#N)c(I)n1. The number of nitrogens with two attached hydrogens (primary N) is 1. The Morgan fingerprint density at radius 3 is 3.00 bits per heavy atom. The van der Waals surface area contributed by atoms with Crippen molar-refractivity contribution in [2.24, 2.45) is 5.73 Å². The molecule has 5 nitrogen and oxygen atoms in total. The molecule has 90 valence electrons. The van der Waals surface area contributed by atoms with Crippen LogP contribution in [-0.2, 0) is 0 Å². The molecule has 0 saturated carbocycles. The van der Waals surface area contributed by atoms with Crippen molar-refractivity contribution < 1.29 is 0 Å². The van der Waals surface area contributed by atoms with Crippen LogP contribution in [0.3, 0.4) is 0 Å². The highest BCUT2D eigenvalue weighted by atomic mass is 127. The molecular weight excluding hydrogens is 329 g/mol. The van der Waals surface area contributed by atoms with E-state index in [1.54, 1.807) is 6.20 Å². The van der Waals surface area contributed by atoms with Crippen LogP contribution in [0.1, 0.15) is 25.5 Å². The van der Waals surface area contributed by atoms with Crippen molar-refractivity contribution in [2.45, 2.75) is 31.8 Å². The standard InChI is InChI=1S/C11H14IN5/c1-7-2-3-8(14)6-17(7)10-5-15-9(4-13)11(12)16-10/h5,7-8H,2-3,6,14H2,1H3. The fourth-order valence-electron chi connectivity index (χ4n) is 2.03. The number of anilines is 1. The molecule has 0 aliphatic carbocycles. The zero-order valence-electron chi connectivity index (χ0n) is 9.60. The molecule has 0 bridgehead atoms. The average molecular weight is 343 g/mol. The fourth-order valence-corrected chi connectivity index (χ4v) is 2.53. The third-order valence-corrected chi connectivity index (χ3v) is 3.79. The number of hydrogen-bond donors (Lipinski definition) is 1. The zero-order chi connectivity index (χ0) is 12.4. The molecule has 1 saturated heterocycles. The van der Waals surface area contributed by atoms with Crippen molar-refractivity contribution in [1.29, 1.82) is 5.26 Å². The molecule has 0 spiro atoms. The van der Waals surface area contributed by atoms with E-state index in [1.165, 1.54) is 0 Å². The number of hydrogen-bond acceptors (Lipinski definition) is 5. The van der Waals surface area contributed by atoms with Gasteiger partial charge in [-0.1, -0.05) is 0 Å². The highest BCUT2D eigenvalue weighted by molar-refractivity contribution is 14.1. The summed E-state index contributed by atoms with van der Waals surface area (Å²) in [6.45, 7) is 2.97. The molecule has 1 aromatic rings. The fraction of sp³-hybridized carbons (Fsp3) is 0.545. The normalized spacial score (nSPS) is 24.5. The summed E-state index contributed by atoms with van der Waals surface area (Å²) in [6, 6.07) is 2.64. The highest BCUT2D eigenvalue weighted by Gasteiger charge is 2.24. The maximum atomic E-state index is 8.82. The van der Waals surface area contributed by atoms with Crippen molar-refractivity contribution in [3.63, 3.8) is 0 Å². The molecule has 2 unspecified atom stereocenters. The van der Waals surface area contributed by atoms with Crippen molar-refractivity contribution in [3.8, 4) is 6.07 Å². The van der Waals surface area contributed by atoms with Crippen LogP contribution in [0.5, 0.6) is 0 Å². The highest BCUT2D eigenvalue weighted by Crippen LogP contribution is 2.23. The smallest absolute Gasteiger partial charge is 0.172 e. The van der Waals surface area contributed by atoms with Crippen molar-refractivity contribution in [1.82, 2.24) is 9.97 Å². The van der Waals surface area contributed by atoms with Crippen LogP contribution in [0.2, 0.25) is 0 Å². The maximum absolute atomic E-state index is 8.82. The third kappa shape index (κ3) is 2.66. The minimum Gasteiger partial charge on any atom is -0.351 e. The first-order valence-electron chi connectivity index (χ1n) is 5.56. The first kappa shape index (κ1) is 12.5. The second-order valence-electron chi connectivity index (χ2n) is 4.32. The third-order valence-electron chi connectivity index (χ3n) is 3.04. The predicted octanol–water partition coefficient (Wildman–Crippen LogP) is 1.27. The molecule has 2 N–H and O–H groups in total.